The van der Waals surface area contributed by atoms with Crippen molar-refractivity contribution in [3.8, 4) is 0 Å². The van der Waals surface area contributed by atoms with Crippen molar-refractivity contribution >= 4 is 40.7 Å². The van der Waals surface area contributed by atoms with E-state index in [1.165, 1.54) is 12.1 Å². The number of nitrogens with zero attached hydrogens (tertiary/aromatic N) is 4. The van der Waals surface area contributed by atoms with Crippen molar-refractivity contribution in [1.29, 1.82) is 0 Å². The molecule has 2 aliphatic rings. The molecule has 2 aliphatic heterocycles. The average Bonchev–Trinajstić information content (AvgIpc) is 3.29. The lowest BCUT2D eigenvalue weighted by Crippen LogP contribution is -2.49. The van der Waals surface area contributed by atoms with E-state index in [1.807, 2.05) is 0 Å². The van der Waals surface area contributed by atoms with E-state index in [1.54, 1.807) is 40.1 Å². The summed E-state index contributed by atoms with van der Waals surface area (Å²) in [6, 6.07) is 11.5. The SMILES string of the molecule is O=C(Cc1ccc(Cl)cc1Cl)N1CCc2[nH]nc(C(=O)N3CCN(c4ccc(F)cc4)CC3)c2C1. The molecule has 1 N–H and O–H groups in total. The van der Waals surface area contributed by atoms with E-state index in [4.69, 9.17) is 23.2 Å². The first-order valence-electron chi connectivity index (χ1n) is 11.5. The number of carbonyl (C=O) groups is 2. The molecule has 1 aromatic heterocycles. The molecule has 1 fully saturated rings. The first-order chi connectivity index (χ1) is 16.9. The number of carbonyl (C=O) groups excluding carboxylic acids is 2. The van der Waals surface area contributed by atoms with Crippen LogP contribution in [0.2, 0.25) is 10.0 Å². The highest BCUT2D eigenvalue weighted by Crippen LogP contribution is 2.26. The van der Waals surface area contributed by atoms with E-state index in [0.717, 1.165) is 22.5 Å². The monoisotopic (exact) mass is 515 g/mol. The molecule has 5 rings (SSSR count). The van der Waals surface area contributed by atoms with Crippen LogP contribution in [0.15, 0.2) is 42.5 Å². The molecule has 0 spiro atoms. The summed E-state index contributed by atoms with van der Waals surface area (Å²) in [7, 11) is 0. The fourth-order valence-electron chi connectivity index (χ4n) is 4.59. The normalized spacial score (nSPS) is 15.8. The smallest absolute Gasteiger partial charge is 0.274 e. The first kappa shape index (κ1) is 23.6. The summed E-state index contributed by atoms with van der Waals surface area (Å²) in [6.07, 6.45) is 0.770. The largest absolute Gasteiger partial charge is 0.368 e. The van der Waals surface area contributed by atoms with Crippen molar-refractivity contribution in [1.82, 2.24) is 20.0 Å². The highest BCUT2D eigenvalue weighted by atomic mass is 35.5. The molecule has 0 saturated carbocycles. The number of hydrogen-bond acceptors (Lipinski definition) is 4. The quantitative estimate of drug-likeness (QED) is 0.571. The zero-order valence-corrected chi connectivity index (χ0v) is 20.4. The van der Waals surface area contributed by atoms with Gasteiger partial charge in [0.05, 0.1) is 6.42 Å². The van der Waals surface area contributed by atoms with Crippen LogP contribution in [-0.2, 0) is 24.2 Å². The van der Waals surface area contributed by atoms with E-state index in [0.29, 0.717) is 61.4 Å². The zero-order valence-electron chi connectivity index (χ0n) is 18.9. The van der Waals surface area contributed by atoms with Gasteiger partial charge in [-0.3, -0.25) is 14.7 Å². The van der Waals surface area contributed by atoms with Gasteiger partial charge in [0.25, 0.3) is 5.91 Å². The summed E-state index contributed by atoms with van der Waals surface area (Å²) < 4.78 is 13.2. The molecule has 0 aliphatic carbocycles. The van der Waals surface area contributed by atoms with Crippen LogP contribution < -0.4 is 4.90 Å². The number of rotatable bonds is 4. The van der Waals surface area contributed by atoms with E-state index >= 15 is 0 Å². The number of fused-ring (bicyclic) bond motifs is 1. The number of halogens is 3. The van der Waals surface area contributed by atoms with Crippen molar-refractivity contribution in [2.24, 2.45) is 0 Å². The van der Waals surface area contributed by atoms with E-state index in [-0.39, 0.29) is 24.1 Å². The number of aromatic nitrogens is 2. The van der Waals surface area contributed by atoms with Crippen LogP contribution in [0.25, 0.3) is 0 Å². The van der Waals surface area contributed by atoms with Crippen LogP contribution in [-0.4, -0.2) is 64.5 Å². The molecular weight excluding hydrogens is 492 g/mol. The van der Waals surface area contributed by atoms with Gasteiger partial charge < -0.3 is 14.7 Å². The van der Waals surface area contributed by atoms with Crippen molar-refractivity contribution < 1.29 is 14.0 Å². The summed E-state index contributed by atoms with van der Waals surface area (Å²) in [5.41, 5.74) is 3.70. The van der Waals surface area contributed by atoms with Crippen LogP contribution in [0.1, 0.15) is 27.3 Å². The summed E-state index contributed by atoms with van der Waals surface area (Å²) in [4.78, 5) is 32.0. The van der Waals surface area contributed by atoms with E-state index in [2.05, 4.69) is 15.1 Å². The summed E-state index contributed by atoms with van der Waals surface area (Å²) >= 11 is 12.2. The van der Waals surface area contributed by atoms with Gasteiger partial charge in [0, 0.05) is 72.7 Å². The van der Waals surface area contributed by atoms with Gasteiger partial charge in [-0.25, -0.2) is 4.39 Å². The minimum Gasteiger partial charge on any atom is -0.368 e. The zero-order chi connectivity index (χ0) is 24.5. The standard InChI is InChI=1S/C25H24Cl2FN5O2/c26-17-2-1-16(21(27)14-17)13-23(34)33-8-7-22-20(15-33)24(30-29-22)25(35)32-11-9-31(10-12-32)19-5-3-18(28)4-6-19/h1-6,14H,7-13,15H2,(H,29,30). The van der Waals surface area contributed by atoms with Crippen molar-refractivity contribution in [3.05, 3.63) is 80.8 Å². The Balaban J connectivity index is 1.24. The minimum atomic E-state index is -0.269. The molecule has 3 heterocycles. The van der Waals surface area contributed by atoms with Gasteiger partial charge in [-0.1, -0.05) is 29.3 Å². The average molecular weight is 516 g/mol. The Kier molecular flexibility index (Phi) is 6.67. The highest BCUT2D eigenvalue weighted by Gasteiger charge is 2.31. The maximum Gasteiger partial charge on any atom is 0.274 e. The predicted molar refractivity (Wildman–Crippen MR) is 132 cm³/mol. The molecule has 7 nitrogen and oxygen atoms in total. The third-order valence-corrected chi connectivity index (χ3v) is 7.19. The molecule has 35 heavy (non-hydrogen) atoms. The van der Waals surface area contributed by atoms with Crippen LogP contribution >= 0.6 is 23.2 Å². The van der Waals surface area contributed by atoms with Crippen molar-refractivity contribution in [3.63, 3.8) is 0 Å². The topological polar surface area (TPSA) is 72.5 Å². The van der Waals surface area contributed by atoms with E-state index in [9.17, 15) is 14.0 Å². The van der Waals surface area contributed by atoms with Gasteiger partial charge in [-0.05, 0) is 42.0 Å². The lowest BCUT2D eigenvalue weighted by molar-refractivity contribution is -0.131. The molecule has 2 aromatic carbocycles. The number of amides is 2. The van der Waals surface area contributed by atoms with Crippen LogP contribution in [0.5, 0.6) is 0 Å². The fourth-order valence-corrected chi connectivity index (χ4v) is 5.07. The van der Waals surface area contributed by atoms with Gasteiger partial charge in [-0.15, -0.1) is 0 Å². The molecular formula is C25H24Cl2FN5O2. The number of nitrogens with one attached hydrogen (secondary N) is 1. The second kappa shape index (κ2) is 9.87. The maximum absolute atomic E-state index is 13.3. The summed E-state index contributed by atoms with van der Waals surface area (Å²) in [5.74, 6) is -0.474. The lowest BCUT2D eigenvalue weighted by Gasteiger charge is -2.36. The number of aromatic amines is 1. The van der Waals surface area contributed by atoms with Gasteiger partial charge >= 0.3 is 0 Å². The van der Waals surface area contributed by atoms with Crippen LogP contribution in [0, 0.1) is 5.82 Å². The molecule has 182 valence electrons. The predicted octanol–water partition coefficient (Wildman–Crippen LogP) is 3.95. The van der Waals surface area contributed by atoms with Gasteiger partial charge in [0.2, 0.25) is 5.91 Å². The number of piperazine rings is 1. The van der Waals surface area contributed by atoms with Crippen molar-refractivity contribution in [2.45, 2.75) is 19.4 Å². The minimum absolute atomic E-state index is 0.0626. The highest BCUT2D eigenvalue weighted by molar-refractivity contribution is 6.35. The Morgan fingerprint density at radius 2 is 1.71 bits per heavy atom. The molecule has 1 saturated heterocycles. The van der Waals surface area contributed by atoms with Gasteiger partial charge in [0.15, 0.2) is 5.69 Å². The Bertz CT molecular complexity index is 1260. The van der Waals surface area contributed by atoms with Crippen molar-refractivity contribution in [2.75, 3.05) is 37.6 Å². The number of hydrogen-bond donors (Lipinski definition) is 1. The van der Waals surface area contributed by atoms with Crippen LogP contribution in [0.3, 0.4) is 0 Å². The van der Waals surface area contributed by atoms with E-state index < -0.39 is 0 Å². The Hall–Kier alpha value is -3.10. The van der Waals surface area contributed by atoms with Gasteiger partial charge in [0.1, 0.15) is 5.82 Å². The second-order valence-corrected chi connectivity index (χ2v) is 9.61. The third kappa shape index (κ3) is 4.99. The third-order valence-electron chi connectivity index (χ3n) is 6.60. The Morgan fingerprint density at radius 3 is 2.43 bits per heavy atom. The summed E-state index contributed by atoms with van der Waals surface area (Å²) in [6.45, 7) is 3.24. The van der Waals surface area contributed by atoms with Gasteiger partial charge in [-0.2, -0.15) is 5.10 Å². The Morgan fingerprint density at radius 1 is 0.971 bits per heavy atom. The number of benzene rings is 2. The first-order valence-corrected chi connectivity index (χ1v) is 12.2. The molecule has 10 heteroatoms. The lowest BCUT2D eigenvalue weighted by atomic mass is 10.0. The fraction of sp³-hybridized carbons (Fsp3) is 0.320. The van der Waals surface area contributed by atoms with Crippen LogP contribution in [0.4, 0.5) is 10.1 Å². The molecule has 3 aromatic rings. The molecule has 2 amide bonds. The molecule has 0 atom stereocenters. The second-order valence-electron chi connectivity index (χ2n) is 8.76. The number of anilines is 1. The number of H-pyrrole nitrogens is 1. The molecule has 0 bridgehead atoms. The Labute approximate surface area is 212 Å². The summed E-state index contributed by atoms with van der Waals surface area (Å²) in [5, 5.41) is 8.29. The maximum atomic E-state index is 13.3. The molecule has 0 radical (unpaired) electrons. The molecule has 0 unspecified atom stereocenters.